The van der Waals surface area contributed by atoms with Crippen molar-refractivity contribution in [2.45, 2.75) is 38.8 Å². The number of carbonyl (C=O) groups excluding carboxylic acids is 1. The average Bonchev–Trinajstić information content (AvgIpc) is 3.56. The molecule has 1 amide bonds. The minimum atomic E-state index is -0.220. The van der Waals surface area contributed by atoms with Crippen LogP contribution in [-0.2, 0) is 11.4 Å². The standard InChI is InChI=1S/C27H26N4O3S/c1-19-28-22(18-35-19)17-33-23-11-7-8-20(16-23)13-14-25(32)31-15-6-5-12-24(31)27-29-26(30-34-27)21-9-3-2-4-10-21/h2-4,7-11,13-14,16,18,24H,5-6,12,15,17H2,1H3/b14-13+/t24-/m0/s1. The maximum atomic E-state index is 13.1. The molecular formula is C27H26N4O3S. The van der Waals surface area contributed by atoms with Gasteiger partial charge in [0, 0.05) is 23.6 Å². The number of benzene rings is 2. The number of rotatable bonds is 7. The maximum Gasteiger partial charge on any atom is 0.249 e. The van der Waals surface area contributed by atoms with E-state index >= 15 is 0 Å². The molecule has 7 nitrogen and oxygen atoms in total. The van der Waals surface area contributed by atoms with Crippen molar-refractivity contribution in [1.82, 2.24) is 20.0 Å². The molecule has 1 atom stereocenters. The van der Waals surface area contributed by atoms with Crippen LogP contribution in [0.15, 0.2) is 70.6 Å². The predicted molar refractivity (Wildman–Crippen MR) is 135 cm³/mol. The molecule has 0 aliphatic carbocycles. The van der Waals surface area contributed by atoms with E-state index in [1.165, 1.54) is 0 Å². The highest BCUT2D eigenvalue weighted by Gasteiger charge is 2.31. The Kier molecular flexibility index (Phi) is 6.99. The molecule has 35 heavy (non-hydrogen) atoms. The molecule has 0 radical (unpaired) electrons. The monoisotopic (exact) mass is 486 g/mol. The lowest BCUT2D eigenvalue weighted by Gasteiger charge is -2.32. The third-order valence-electron chi connectivity index (χ3n) is 5.87. The zero-order valence-electron chi connectivity index (χ0n) is 19.5. The summed E-state index contributed by atoms with van der Waals surface area (Å²) >= 11 is 1.61. The number of aromatic nitrogens is 3. The summed E-state index contributed by atoms with van der Waals surface area (Å²) in [6.07, 6.45) is 6.19. The number of nitrogens with zero attached hydrogens (tertiary/aromatic N) is 4. The highest BCUT2D eigenvalue weighted by Crippen LogP contribution is 2.31. The SMILES string of the molecule is Cc1nc(COc2cccc(/C=C/C(=O)N3CCCC[C@H]3c3nc(-c4ccccc4)no3)c2)cs1. The summed E-state index contributed by atoms with van der Waals surface area (Å²) in [7, 11) is 0. The first kappa shape index (κ1) is 23.0. The van der Waals surface area contributed by atoms with Gasteiger partial charge in [0.25, 0.3) is 0 Å². The van der Waals surface area contributed by atoms with Crippen molar-refractivity contribution in [3.63, 3.8) is 0 Å². The molecule has 3 heterocycles. The Bertz CT molecular complexity index is 1310. The van der Waals surface area contributed by atoms with Crippen molar-refractivity contribution in [3.05, 3.63) is 88.2 Å². The predicted octanol–water partition coefficient (Wildman–Crippen LogP) is 5.85. The first-order chi connectivity index (χ1) is 17.2. The highest BCUT2D eigenvalue weighted by atomic mass is 32.1. The number of amides is 1. The van der Waals surface area contributed by atoms with Gasteiger partial charge in [-0.15, -0.1) is 11.3 Å². The first-order valence-corrected chi connectivity index (χ1v) is 12.6. The molecule has 0 bridgehead atoms. The third kappa shape index (κ3) is 5.66. The van der Waals surface area contributed by atoms with E-state index in [1.807, 2.05) is 77.9 Å². The topological polar surface area (TPSA) is 81.4 Å². The van der Waals surface area contributed by atoms with Crippen molar-refractivity contribution in [2.24, 2.45) is 0 Å². The van der Waals surface area contributed by atoms with Gasteiger partial charge in [-0.1, -0.05) is 47.6 Å². The van der Waals surface area contributed by atoms with Crippen LogP contribution >= 0.6 is 11.3 Å². The maximum absolute atomic E-state index is 13.1. The summed E-state index contributed by atoms with van der Waals surface area (Å²) in [5, 5.41) is 7.16. The van der Waals surface area contributed by atoms with E-state index < -0.39 is 0 Å². The number of carbonyl (C=O) groups is 1. The lowest BCUT2D eigenvalue weighted by molar-refractivity contribution is -0.130. The summed E-state index contributed by atoms with van der Waals surface area (Å²) in [6.45, 7) is 3.05. The van der Waals surface area contributed by atoms with Gasteiger partial charge in [-0.25, -0.2) is 4.98 Å². The van der Waals surface area contributed by atoms with Gasteiger partial charge in [0.2, 0.25) is 17.6 Å². The molecule has 0 saturated carbocycles. The number of thiazole rings is 1. The molecule has 2 aromatic carbocycles. The molecule has 0 unspecified atom stereocenters. The third-order valence-corrected chi connectivity index (χ3v) is 6.70. The fraction of sp³-hybridized carbons (Fsp3) is 0.259. The first-order valence-electron chi connectivity index (χ1n) is 11.7. The van der Waals surface area contributed by atoms with Crippen LogP contribution in [0.4, 0.5) is 0 Å². The molecule has 178 valence electrons. The van der Waals surface area contributed by atoms with E-state index in [1.54, 1.807) is 17.4 Å². The van der Waals surface area contributed by atoms with Gasteiger partial charge in [-0.05, 0) is 50.0 Å². The Morgan fingerprint density at radius 1 is 1.17 bits per heavy atom. The van der Waals surface area contributed by atoms with Crippen molar-refractivity contribution in [2.75, 3.05) is 6.54 Å². The average molecular weight is 487 g/mol. The van der Waals surface area contributed by atoms with Crippen LogP contribution in [-0.4, -0.2) is 32.5 Å². The van der Waals surface area contributed by atoms with Crippen LogP contribution in [0.5, 0.6) is 5.75 Å². The molecule has 1 aliphatic heterocycles. The fourth-order valence-corrected chi connectivity index (χ4v) is 4.73. The van der Waals surface area contributed by atoms with E-state index in [2.05, 4.69) is 15.1 Å². The van der Waals surface area contributed by atoms with Gasteiger partial charge in [-0.3, -0.25) is 4.79 Å². The summed E-state index contributed by atoms with van der Waals surface area (Å²) in [6, 6.07) is 17.2. The van der Waals surface area contributed by atoms with Crippen LogP contribution in [0.1, 0.15) is 47.5 Å². The van der Waals surface area contributed by atoms with Crippen molar-refractivity contribution in [1.29, 1.82) is 0 Å². The summed E-state index contributed by atoms with van der Waals surface area (Å²) in [5.41, 5.74) is 2.70. The number of likely N-dealkylation sites (tertiary alicyclic amines) is 1. The minimum absolute atomic E-state index is 0.0709. The van der Waals surface area contributed by atoms with Crippen molar-refractivity contribution in [3.8, 4) is 17.1 Å². The Morgan fingerprint density at radius 3 is 2.89 bits per heavy atom. The second-order valence-corrected chi connectivity index (χ2v) is 9.48. The molecule has 0 N–H and O–H groups in total. The van der Waals surface area contributed by atoms with E-state index in [-0.39, 0.29) is 11.9 Å². The zero-order chi connectivity index (χ0) is 24.0. The van der Waals surface area contributed by atoms with Crippen LogP contribution < -0.4 is 4.74 Å². The molecule has 2 aromatic heterocycles. The second-order valence-electron chi connectivity index (χ2n) is 8.42. The van der Waals surface area contributed by atoms with E-state index in [9.17, 15) is 4.79 Å². The molecule has 1 saturated heterocycles. The Hall–Kier alpha value is -3.78. The minimum Gasteiger partial charge on any atom is -0.487 e. The number of hydrogen-bond acceptors (Lipinski definition) is 7. The molecule has 0 spiro atoms. The van der Waals surface area contributed by atoms with E-state index in [0.717, 1.165) is 46.8 Å². The van der Waals surface area contributed by atoms with Crippen LogP contribution in [0.3, 0.4) is 0 Å². The van der Waals surface area contributed by atoms with Gasteiger partial charge in [0.15, 0.2) is 0 Å². The summed E-state index contributed by atoms with van der Waals surface area (Å²) in [5.74, 6) is 1.69. The van der Waals surface area contributed by atoms with Gasteiger partial charge in [-0.2, -0.15) is 4.98 Å². The summed E-state index contributed by atoms with van der Waals surface area (Å²) < 4.78 is 11.5. The quantitative estimate of drug-likeness (QED) is 0.305. The Morgan fingerprint density at radius 2 is 2.06 bits per heavy atom. The van der Waals surface area contributed by atoms with Gasteiger partial charge < -0.3 is 14.2 Å². The molecule has 5 rings (SSSR count). The Balaban J connectivity index is 1.26. The highest BCUT2D eigenvalue weighted by molar-refractivity contribution is 7.09. The molecule has 1 fully saturated rings. The van der Waals surface area contributed by atoms with Crippen LogP contribution in [0, 0.1) is 6.92 Å². The lowest BCUT2D eigenvalue weighted by atomic mass is 10.0. The smallest absolute Gasteiger partial charge is 0.249 e. The van der Waals surface area contributed by atoms with Crippen molar-refractivity contribution >= 4 is 23.3 Å². The van der Waals surface area contributed by atoms with Crippen LogP contribution in [0.25, 0.3) is 17.5 Å². The molecule has 8 heteroatoms. The number of hydrogen-bond donors (Lipinski definition) is 0. The largest absolute Gasteiger partial charge is 0.487 e. The summed E-state index contributed by atoms with van der Waals surface area (Å²) in [4.78, 5) is 24.0. The molecular weight excluding hydrogens is 460 g/mol. The van der Waals surface area contributed by atoms with E-state index in [0.29, 0.717) is 24.9 Å². The number of aryl methyl sites for hydroxylation is 1. The Labute approximate surface area is 208 Å². The molecule has 4 aromatic rings. The fourth-order valence-electron chi connectivity index (χ4n) is 4.13. The van der Waals surface area contributed by atoms with Gasteiger partial charge in [0.05, 0.1) is 10.7 Å². The van der Waals surface area contributed by atoms with Gasteiger partial charge >= 0.3 is 0 Å². The number of piperidine rings is 1. The van der Waals surface area contributed by atoms with Crippen LogP contribution in [0.2, 0.25) is 0 Å². The van der Waals surface area contributed by atoms with Crippen molar-refractivity contribution < 1.29 is 14.1 Å². The van der Waals surface area contributed by atoms with Gasteiger partial charge in [0.1, 0.15) is 18.4 Å². The number of ether oxygens (including phenoxy) is 1. The zero-order valence-corrected chi connectivity index (χ0v) is 20.3. The normalized spacial score (nSPS) is 16.0. The molecule has 1 aliphatic rings. The lowest BCUT2D eigenvalue weighted by Crippen LogP contribution is -2.37. The van der Waals surface area contributed by atoms with E-state index in [4.69, 9.17) is 9.26 Å². The second kappa shape index (κ2) is 10.7.